The summed E-state index contributed by atoms with van der Waals surface area (Å²) >= 11 is 12.5. The fourth-order valence-electron chi connectivity index (χ4n) is 3.42. The summed E-state index contributed by atoms with van der Waals surface area (Å²) in [4.78, 5) is 0. The molecule has 2 aromatic carbocycles. The van der Waals surface area contributed by atoms with E-state index in [2.05, 4.69) is 21.4 Å². The number of hydrogen-bond acceptors (Lipinski definition) is 5. The van der Waals surface area contributed by atoms with Gasteiger partial charge in [-0.15, -0.1) is 0 Å². The first kappa shape index (κ1) is 19.2. The normalized spacial score (nSPS) is 11.1. The van der Waals surface area contributed by atoms with Crippen molar-refractivity contribution >= 4 is 45.1 Å². The van der Waals surface area contributed by atoms with Crippen LogP contribution in [0.5, 0.6) is 11.5 Å². The Morgan fingerprint density at radius 3 is 2.90 bits per heavy atom. The molecule has 5 rings (SSSR count). The minimum absolute atomic E-state index is 0.383. The summed E-state index contributed by atoms with van der Waals surface area (Å²) < 4.78 is 8.74. The van der Waals surface area contributed by atoms with Crippen LogP contribution >= 0.6 is 23.2 Å². The Morgan fingerprint density at radius 1 is 1.19 bits per heavy atom. The Labute approximate surface area is 185 Å². The molecule has 152 valence electrons. The summed E-state index contributed by atoms with van der Waals surface area (Å²) in [7, 11) is 0. The lowest BCUT2D eigenvalue weighted by Gasteiger charge is -2.10. The van der Waals surface area contributed by atoms with Crippen LogP contribution in [0.15, 0.2) is 54.9 Å². The lowest BCUT2D eigenvalue weighted by Crippen LogP contribution is -2.30. The van der Waals surface area contributed by atoms with E-state index in [0.717, 1.165) is 21.3 Å². The first-order valence-corrected chi connectivity index (χ1v) is 9.88. The second kappa shape index (κ2) is 7.47. The van der Waals surface area contributed by atoms with Crippen LogP contribution in [0.25, 0.3) is 21.9 Å². The summed E-state index contributed by atoms with van der Waals surface area (Å²) in [5.74, 6) is 0.817. The minimum atomic E-state index is 0.383. The summed E-state index contributed by atoms with van der Waals surface area (Å²) in [6.07, 6.45) is 3.17. The highest BCUT2D eigenvalue weighted by atomic mass is 35.5. The SMILES string of the molecule is N#Cc1cc(Cl)cc(Oc2c(Cl)ccc3c2cnn3Cc2[nH]nc3c2ccc[n+]3O)c1. The molecule has 0 spiro atoms. The van der Waals surface area contributed by atoms with Crippen LogP contribution in [0, 0.1) is 11.3 Å². The molecule has 0 aliphatic carbocycles. The number of H-pyrrole nitrogens is 1. The molecule has 3 heterocycles. The molecule has 3 aromatic heterocycles. The van der Waals surface area contributed by atoms with Gasteiger partial charge in [-0.05, 0) is 47.2 Å². The maximum Gasteiger partial charge on any atom is 0.395 e. The second-order valence-electron chi connectivity index (χ2n) is 6.79. The van der Waals surface area contributed by atoms with Gasteiger partial charge in [-0.3, -0.25) is 4.68 Å². The third-order valence-electron chi connectivity index (χ3n) is 4.83. The van der Waals surface area contributed by atoms with Crippen LogP contribution in [-0.2, 0) is 6.54 Å². The van der Waals surface area contributed by atoms with Gasteiger partial charge in [0, 0.05) is 5.02 Å². The van der Waals surface area contributed by atoms with E-state index in [1.165, 1.54) is 6.20 Å². The quantitative estimate of drug-likeness (QED) is 0.310. The van der Waals surface area contributed by atoms with Crippen molar-refractivity contribution in [2.24, 2.45) is 0 Å². The molecule has 2 N–H and O–H groups in total. The molecule has 0 radical (unpaired) electrons. The average molecular weight is 452 g/mol. The van der Waals surface area contributed by atoms with Gasteiger partial charge >= 0.3 is 5.65 Å². The topological polar surface area (TPSA) is 104 Å². The molecule has 0 unspecified atom stereocenters. The number of nitrogens with one attached hydrogen (secondary N) is 1. The molecule has 5 aromatic rings. The zero-order chi connectivity index (χ0) is 21.5. The summed E-state index contributed by atoms with van der Waals surface area (Å²) in [6.45, 7) is 0.390. The van der Waals surface area contributed by atoms with Crippen molar-refractivity contribution in [1.29, 1.82) is 5.26 Å². The maximum absolute atomic E-state index is 9.90. The average Bonchev–Trinajstić information content (AvgIpc) is 3.35. The van der Waals surface area contributed by atoms with Gasteiger partial charge in [-0.25, -0.2) is 0 Å². The summed E-state index contributed by atoms with van der Waals surface area (Å²) in [5.41, 5.74) is 2.39. The smallest absolute Gasteiger partial charge is 0.395 e. The molecule has 0 atom stereocenters. The number of rotatable bonds is 4. The Morgan fingerprint density at radius 2 is 2.06 bits per heavy atom. The number of halogens is 2. The molecule has 0 amide bonds. The van der Waals surface area contributed by atoms with Gasteiger partial charge in [0.25, 0.3) is 0 Å². The molecule has 0 aliphatic heterocycles. The van der Waals surface area contributed by atoms with Crippen molar-refractivity contribution in [1.82, 2.24) is 20.0 Å². The lowest BCUT2D eigenvalue weighted by atomic mass is 10.2. The van der Waals surface area contributed by atoms with E-state index >= 15 is 0 Å². The maximum atomic E-state index is 9.90. The number of nitriles is 1. The molecular weight excluding hydrogens is 439 g/mol. The standard InChI is InChI=1S/C21H12Cl2N6O2/c22-13-6-12(9-24)7-14(8-13)31-20-16-10-25-28(19(16)4-3-17(20)23)11-18-15-2-1-5-29(30)21(15)27-26-18/h1-8,10,30H,11H2/p+1. The third kappa shape index (κ3) is 3.40. The second-order valence-corrected chi connectivity index (χ2v) is 7.64. The number of ether oxygens (including phenoxy) is 1. The fourth-order valence-corrected chi connectivity index (χ4v) is 3.85. The number of nitrogens with zero attached hydrogens (tertiary/aromatic N) is 5. The van der Waals surface area contributed by atoms with E-state index in [0.29, 0.717) is 44.7 Å². The zero-order valence-corrected chi connectivity index (χ0v) is 17.3. The van der Waals surface area contributed by atoms with Crippen molar-refractivity contribution in [3.05, 3.63) is 76.2 Å². The van der Waals surface area contributed by atoms with E-state index < -0.39 is 0 Å². The highest BCUT2D eigenvalue weighted by Crippen LogP contribution is 2.37. The predicted octanol–water partition coefficient (Wildman–Crippen LogP) is 4.46. The lowest BCUT2D eigenvalue weighted by molar-refractivity contribution is -0.886. The summed E-state index contributed by atoms with van der Waals surface area (Å²) in [6, 6.07) is 14.0. The third-order valence-corrected chi connectivity index (χ3v) is 5.34. The number of aromatic nitrogens is 5. The van der Waals surface area contributed by atoms with E-state index in [1.807, 2.05) is 12.1 Å². The van der Waals surface area contributed by atoms with Crippen molar-refractivity contribution in [2.75, 3.05) is 0 Å². The van der Waals surface area contributed by atoms with E-state index in [9.17, 15) is 5.21 Å². The number of hydrogen-bond donors (Lipinski definition) is 2. The van der Waals surface area contributed by atoms with Gasteiger partial charge in [-0.2, -0.15) is 15.5 Å². The largest absolute Gasteiger partial charge is 0.455 e. The molecule has 0 fully saturated rings. The number of aromatic amines is 1. The van der Waals surface area contributed by atoms with Gasteiger partial charge in [0.1, 0.15) is 11.9 Å². The highest BCUT2D eigenvalue weighted by Gasteiger charge is 2.19. The molecule has 10 heteroatoms. The van der Waals surface area contributed by atoms with Crippen molar-refractivity contribution in [2.45, 2.75) is 6.54 Å². The van der Waals surface area contributed by atoms with Gasteiger partial charge in [0.05, 0.1) is 56.5 Å². The monoisotopic (exact) mass is 451 g/mol. The molecule has 8 nitrogen and oxygen atoms in total. The molecule has 0 aliphatic rings. The summed E-state index contributed by atoms with van der Waals surface area (Å²) in [5, 5.41) is 32.9. The van der Waals surface area contributed by atoms with Crippen LogP contribution in [0.3, 0.4) is 0 Å². The minimum Gasteiger partial charge on any atom is -0.455 e. The van der Waals surface area contributed by atoms with Crippen molar-refractivity contribution in [3.63, 3.8) is 0 Å². The first-order valence-electron chi connectivity index (χ1n) is 9.13. The molecule has 0 bridgehead atoms. The Kier molecular flexibility index (Phi) is 4.62. The van der Waals surface area contributed by atoms with Crippen LogP contribution in [-0.4, -0.2) is 25.2 Å². The van der Waals surface area contributed by atoms with Gasteiger partial charge in [0.15, 0.2) is 5.75 Å². The molecule has 0 saturated heterocycles. The van der Waals surface area contributed by atoms with E-state index in [1.54, 1.807) is 41.2 Å². The zero-order valence-electron chi connectivity index (χ0n) is 15.8. The van der Waals surface area contributed by atoms with Gasteiger partial charge < -0.3 is 9.94 Å². The Balaban J connectivity index is 1.55. The Bertz CT molecular complexity index is 1500. The van der Waals surface area contributed by atoms with Crippen LogP contribution in [0.2, 0.25) is 10.0 Å². The number of benzene rings is 2. The van der Waals surface area contributed by atoms with Crippen molar-refractivity contribution < 1.29 is 14.7 Å². The Hall–Kier alpha value is -3.80. The molecule has 31 heavy (non-hydrogen) atoms. The van der Waals surface area contributed by atoms with Crippen LogP contribution in [0.1, 0.15) is 11.3 Å². The predicted molar refractivity (Wildman–Crippen MR) is 114 cm³/mol. The van der Waals surface area contributed by atoms with Crippen LogP contribution < -0.4 is 9.47 Å². The fraction of sp³-hybridized carbons (Fsp3) is 0.0476. The van der Waals surface area contributed by atoms with Gasteiger partial charge in [-0.1, -0.05) is 23.2 Å². The number of fused-ring (bicyclic) bond motifs is 2. The van der Waals surface area contributed by atoms with E-state index in [-0.39, 0.29) is 0 Å². The molecular formula is C21H13Cl2N6O2+. The van der Waals surface area contributed by atoms with Gasteiger partial charge in [0.2, 0.25) is 0 Å². The molecule has 0 saturated carbocycles. The number of pyridine rings is 1. The van der Waals surface area contributed by atoms with Crippen molar-refractivity contribution in [3.8, 4) is 17.6 Å². The first-order chi connectivity index (χ1) is 15.0. The highest BCUT2D eigenvalue weighted by molar-refractivity contribution is 6.33. The van der Waals surface area contributed by atoms with Crippen LogP contribution in [0.4, 0.5) is 0 Å². The van der Waals surface area contributed by atoms with E-state index in [4.69, 9.17) is 33.2 Å².